The molecule has 0 saturated carbocycles. The first-order valence-electron chi connectivity index (χ1n) is 8.57. The molecule has 0 saturated heterocycles. The number of pyridine rings is 1. The number of carbonyl (C=O) groups excluding carboxylic acids is 1. The number of carbonyl (C=O) groups is 1. The summed E-state index contributed by atoms with van der Waals surface area (Å²) in [6.07, 6.45) is -2.03. The second-order valence-corrected chi connectivity index (χ2v) is 6.90. The molecular weight excluding hydrogens is 427 g/mol. The lowest BCUT2D eigenvalue weighted by molar-refractivity contribution is -0.136. The van der Waals surface area contributed by atoms with Gasteiger partial charge in [0.2, 0.25) is 5.88 Å². The molecule has 2 amide bonds. The lowest BCUT2D eigenvalue weighted by atomic mass is 10.1. The lowest BCUT2D eigenvalue weighted by Gasteiger charge is -2.30. The topological polar surface area (TPSA) is 54.5 Å². The minimum Gasteiger partial charge on any atom is -0.480 e. The molecule has 0 radical (unpaired) electrons. The molecule has 0 spiro atoms. The van der Waals surface area contributed by atoms with Crippen LogP contribution in [0.4, 0.5) is 18.0 Å². The van der Waals surface area contributed by atoms with Crippen LogP contribution in [0.3, 0.4) is 0 Å². The first-order chi connectivity index (χ1) is 12.6. The molecular formula is C18H25BrF3N3O2. The molecule has 0 aliphatic carbocycles. The Morgan fingerprint density at radius 3 is 2.67 bits per heavy atom. The zero-order chi connectivity index (χ0) is 20.6. The van der Waals surface area contributed by atoms with E-state index in [0.29, 0.717) is 16.9 Å². The van der Waals surface area contributed by atoms with Crippen LogP contribution in [-0.2, 0) is 0 Å². The van der Waals surface area contributed by atoms with Gasteiger partial charge in [0.25, 0.3) is 0 Å². The SMILES string of the molecule is C=CC[C@H](CCC(F)(F)F)NC(=O)N(CC)[C@H](C)c1cnc(OC)c(Br)c1. The lowest BCUT2D eigenvalue weighted by Crippen LogP contribution is -2.46. The number of aromatic nitrogens is 1. The summed E-state index contributed by atoms with van der Waals surface area (Å²) in [4.78, 5) is 18.4. The highest BCUT2D eigenvalue weighted by molar-refractivity contribution is 9.10. The molecule has 9 heteroatoms. The third-order valence-corrected chi connectivity index (χ3v) is 4.70. The van der Waals surface area contributed by atoms with Crippen molar-refractivity contribution in [2.75, 3.05) is 13.7 Å². The van der Waals surface area contributed by atoms with E-state index in [1.165, 1.54) is 13.2 Å². The maximum absolute atomic E-state index is 12.6. The molecule has 0 unspecified atom stereocenters. The number of hydrogen-bond acceptors (Lipinski definition) is 3. The van der Waals surface area contributed by atoms with Gasteiger partial charge >= 0.3 is 12.2 Å². The highest BCUT2D eigenvalue weighted by atomic mass is 79.9. The van der Waals surface area contributed by atoms with Gasteiger partial charge in [-0.25, -0.2) is 9.78 Å². The first kappa shape index (κ1) is 23.3. The predicted octanol–water partition coefficient (Wildman–Crippen LogP) is 5.23. The maximum Gasteiger partial charge on any atom is 0.389 e. The van der Waals surface area contributed by atoms with Crippen molar-refractivity contribution in [2.45, 2.75) is 51.4 Å². The van der Waals surface area contributed by atoms with Gasteiger partial charge in [-0.15, -0.1) is 6.58 Å². The van der Waals surface area contributed by atoms with Crippen LogP contribution in [-0.4, -0.2) is 41.8 Å². The summed E-state index contributed by atoms with van der Waals surface area (Å²) in [5.41, 5.74) is 0.773. The monoisotopic (exact) mass is 451 g/mol. The number of nitrogens with zero attached hydrogens (tertiary/aromatic N) is 2. The molecule has 0 bridgehead atoms. The van der Waals surface area contributed by atoms with Crippen LogP contribution < -0.4 is 10.1 Å². The normalized spacial score (nSPS) is 13.6. The molecule has 1 aromatic rings. The summed E-state index contributed by atoms with van der Waals surface area (Å²) in [6.45, 7) is 7.58. The number of hydrogen-bond donors (Lipinski definition) is 1. The maximum atomic E-state index is 12.6. The standard InChI is InChI=1S/C18H25BrF3N3O2/c1-5-7-14(8-9-18(20,21)22)24-17(26)25(6-2)12(3)13-10-15(19)16(27-4)23-11-13/h5,10-12,14H,1,6-9H2,2-4H3,(H,24,26)/t12-,14-/m1/s1. The van der Waals surface area contributed by atoms with E-state index in [9.17, 15) is 18.0 Å². The van der Waals surface area contributed by atoms with Crippen LogP contribution in [0.25, 0.3) is 0 Å². The fraction of sp³-hybridized carbons (Fsp3) is 0.556. The van der Waals surface area contributed by atoms with E-state index >= 15 is 0 Å². The number of ether oxygens (including phenoxy) is 1. The largest absolute Gasteiger partial charge is 0.480 e. The van der Waals surface area contributed by atoms with Gasteiger partial charge in [0.05, 0.1) is 17.6 Å². The average Bonchev–Trinajstić information content (AvgIpc) is 2.59. The first-order valence-corrected chi connectivity index (χ1v) is 9.36. The van der Waals surface area contributed by atoms with Crippen LogP contribution in [0, 0.1) is 0 Å². The van der Waals surface area contributed by atoms with Gasteiger partial charge in [0.1, 0.15) is 0 Å². The summed E-state index contributed by atoms with van der Waals surface area (Å²) < 4.78 is 43.2. The molecule has 0 aliphatic rings. The smallest absolute Gasteiger partial charge is 0.389 e. The van der Waals surface area contributed by atoms with Crippen molar-refractivity contribution in [1.29, 1.82) is 0 Å². The third-order valence-electron chi connectivity index (χ3n) is 4.13. The van der Waals surface area contributed by atoms with Crippen LogP contribution >= 0.6 is 15.9 Å². The number of alkyl halides is 3. The highest BCUT2D eigenvalue weighted by Crippen LogP contribution is 2.28. The summed E-state index contributed by atoms with van der Waals surface area (Å²) in [5.74, 6) is 0.427. The Kier molecular flexibility index (Phi) is 9.08. The van der Waals surface area contributed by atoms with Crippen molar-refractivity contribution in [1.82, 2.24) is 15.2 Å². The van der Waals surface area contributed by atoms with Crippen LogP contribution in [0.2, 0.25) is 0 Å². The molecule has 2 atom stereocenters. The van der Waals surface area contributed by atoms with Gasteiger partial charge in [-0.2, -0.15) is 13.2 Å². The van der Waals surface area contributed by atoms with Crippen molar-refractivity contribution < 1.29 is 22.7 Å². The Labute approximate surface area is 166 Å². The zero-order valence-corrected chi connectivity index (χ0v) is 17.2. The number of methoxy groups -OCH3 is 1. The number of urea groups is 1. The number of rotatable bonds is 9. The van der Waals surface area contributed by atoms with E-state index in [1.54, 1.807) is 24.1 Å². The van der Waals surface area contributed by atoms with Crippen molar-refractivity contribution in [3.8, 4) is 5.88 Å². The van der Waals surface area contributed by atoms with Gasteiger partial charge in [-0.05, 0) is 54.2 Å². The van der Waals surface area contributed by atoms with Crippen molar-refractivity contribution in [3.63, 3.8) is 0 Å². The average molecular weight is 452 g/mol. The Bertz CT molecular complexity index is 641. The van der Waals surface area contributed by atoms with Gasteiger partial charge in [0, 0.05) is 25.2 Å². The third kappa shape index (κ3) is 7.40. The molecule has 1 aromatic heterocycles. The van der Waals surface area contributed by atoms with Crippen LogP contribution in [0.1, 0.15) is 44.7 Å². The number of halogens is 4. The molecule has 5 nitrogen and oxygen atoms in total. The fourth-order valence-corrected chi connectivity index (χ4v) is 3.17. The van der Waals surface area contributed by atoms with E-state index in [2.05, 4.69) is 32.8 Å². The van der Waals surface area contributed by atoms with Crippen LogP contribution in [0.5, 0.6) is 5.88 Å². The second-order valence-electron chi connectivity index (χ2n) is 6.05. The molecule has 0 fully saturated rings. The number of nitrogens with one attached hydrogen (secondary N) is 1. The summed E-state index contributed by atoms with van der Waals surface area (Å²) in [6, 6.07) is 0.429. The summed E-state index contributed by atoms with van der Waals surface area (Å²) in [7, 11) is 1.50. The minimum absolute atomic E-state index is 0.192. The van der Waals surface area contributed by atoms with Gasteiger partial charge in [-0.1, -0.05) is 6.08 Å². The Morgan fingerprint density at radius 2 is 2.19 bits per heavy atom. The molecule has 152 valence electrons. The van der Waals surface area contributed by atoms with Gasteiger partial charge < -0.3 is 15.0 Å². The minimum atomic E-state index is -4.26. The second kappa shape index (κ2) is 10.5. The molecule has 1 N–H and O–H groups in total. The Balaban J connectivity index is 2.86. The van der Waals surface area contributed by atoms with Crippen molar-refractivity contribution in [2.24, 2.45) is 0 Å². The van der Waals surface area contributed by atoms with E-state index in [-0.39, 0.29) is 18.9 Å². The predicted molar refractivity (Wildman–Crippen MR) is 102 cm³/mol. The number of amides is 2. The summed E-state index contributed by atoms with van der Waals surface area (Å²) in [5, 5.41) is 2.69. The Hall–Kier alpha value is -1.77. The van der Waals surface area contributed by atoms with Gasteiger partial charge in [-0.3, -0.25) is 0 Å². The molecule has 1 rings (SSSR count). The highest BCUT2D eigenvalue weighted by Gasteiger charge is 2.29. The van der Waals surface area contributed by atoms with Crippen LogP contribution in [0.15, 0.2) is 29.4 Å². The van der Waals surface area contributed by atoms with E-state index in [4.69, 9.17) is 4.74 Å². The quantitative estimate of drug-likeness (QED) is 0.522. The van der Waals surface area contributed by atoms with E-state index < -0.39 is 24.7 Å². The van der Waals surface area contributed by atoms with E-state index in [0.717, 1.165) is 5.56 Å². The molecule has 0 aliphatic heterocycles. The van der Waals surface area contributed by atoms with Gasteiger partial charge in [0.15, 0.2) is 0 Å². The van der Waals surface area contributed by atoms with E-state index in [1.807, 2.05) is 6.92 Å². The van der Waals surface area contributed by atoms with Crippen molar-refractivity contribution >= 4 is 22.0 Å². The molecule has 1 heterocycles. The summed E-state index contributed by atoms with van der Waals surface area (Å²) >= 11 is 3.36. The van der Waals surface area contributed by atoms with Crippen molar-refractivity contribution in [3.05, 3.63) is 35.0 Å². The fourth-order valence-electron chi connectivity index (χ4n) is 2.64. The zero-order valence-electron chi connectivity index (χ0n) is 15.6. The molecule has 27 heavy (non-hydrogen) atoms. The molecule has 0 aromatic carbocycles. The Morgan fingerprint density at radius 1 is 1.52 bits per heavy atom.